The Bertz CT molecular complexity index is 1040. The summed E-state index contributed by atoms with van der Waals surface area (Å²) < 4.78 is 41.6. The van der Waals surface area contributed by atoms with Crippen molar-refractivity contribution in [1.29, 1.82) is 0 Å². The van der Waals surface area contributed by atoms with Crippen LogP contribution in [0.4, 0.5) is 0 Å². The SMILES string of the molecule is CC(=O)OC[C@H]1OC(OC(O[Si](C(C)C)(C(C)C)C(C)C)c2ccccc2)[C@H](OC(C)=O)[C@@H](OC(C)=O)[C@@H]1OC(C)=O. The van der Waals surface area contributed by atoms with E-state index in [1.807, 2.05) is 30.3 Å². The zero-order valence-electron chi connectivity index (χ0n) is 26.3. The second-order valence-corrected chi connectivity index (χ2v) is 16.8. The molecule has 0 N–H and O–H groups in total. The summed E-state index contributed by atoms with van der Waals surface area (Å²) in [4.78, 5) is 48.3. The van der Waals surface area contributed by atoms with Gasteiger partial charge in [0, 0.05) is 33.3 Å². The normalized spacial score (nSPS) is 23.4. The number of carbonyl (C=O) groups is 4. The maximum absolute atomic E-state index is 12.3. The Labute approximate surface area is 249 Å². The number of hydrogen-bond acceptors (Lipinski definition) is 11. The topological polar surface area (TPSA) is 133 Å². The molecule has 0 bridgehead atoms. The zero-order chi connectivity index (χ0) is 31.8. The number of ether oxygens (including phenoxy) is 6. The molecule has 42 heavy (non-hydrogen) atoms. The second-order valence-electron chi connectivity index (χ2n) is 11.4. The Hall–Kier alpha value is -2.80. The summed E-state index contributed by atoms with van der Waals surface area (Å²) in [6.07, 6.45) is -7.43. The lowest BCUT2D eigenvalue weighted by atomic mass is 9.98. The highest BCUT2D eigenvalue weighted by molar-refractivity contribution is 6.77. The molecule has 12 heteroatoms. The van der Waals surface area contributed by atoms with E-state index in [0.717, 1.165) is 0 Å². The summed E-state index contributed by atoms with van der Waals surface area (Å²) in [6, 6.07) is 9.29. The van der Waals surface area contributed by atoms with E-state index in [2.05, 4.69) is 41.5 Å². The third-order valence-electron chi connectivity index (χ3n) is 7.30. The van der Waals surface area contributed by atoms with Gasteiger partial charge in [0.1, 0.15) is 12.7 Å². The van der Waals surface area contributed by atoms with Crippen LogP contribution in [-0.4, -0.2) is 69.5 Å². The van der Waals surface area contributed by atoms with E-state index < -0.39 is 69.2 Å². The monoisotopic (exact) mass is 610 g/mol. The van der Waals surface area contributed by atoms with Crippen LogP contribution in [0.5, 0.6) is 0 Å². The summed E-state index contributed by atoms with van der Waals surface area (Å²) in [5, 5.41) is 0. The van der Waals surface area contributed by atoms with Gasteiger partial charge in [-0.05, 0) is 16.6 Å². The highest BCUT2D eigenvalue weighted by Crippen LogP contribution is 2.46. The summed E-state index contributed by atoms with van der Waals surface area (Å²) in [5.41, 5.74) is 1.33. The fraction of sp³-hybridized carbons (Fsp3) is 0.667. The molecule has 236 valence electrons. The lowest BCUT2D eigenvalue weighted by Gasteiger charge is -2.47. The molecule has 0 radical (unpaired) electrons. The van der Waals surface area contributed by atoms with Crippen LogP contribution in [0.2, 0.25) is 16.6 Å². The molecule has 0 spiro atoms. The molecule has 6 atom stereocenters. The van der Waals surface area contributed by atoms with Gasteiger partial charge in [-0.2, -0.15) is 0 Å². The smallest absolute Gasteiger partial charge is 0.303 e. The second kappa shape index (κ2) is 15.6. The molecular weight excluding hydrogens is 564 g/mol. The van der Waals surface area contributed by atoms with Crippen LogP contribution in [-0.2, 0) is 52.0 Å². The third-order valence-corrected chi connectivity index (χ3v) is 13.3. The summed E-state index contributed by atoms with van der Waals surface area (Å²) >= 11 is 0. The van der Waals surface area contributed by atoms with E-state index in [9.17, 15) is 19.2 Å². The molecular formula is C30H46O11Si. The van der Waals surface area contributed by atoms with Gasteiger partial charge in [0.25, 0.3) is 0 Å². The Kier molecular flexibility index (Phi) is 13.1. The van der Waals surface area contributed by atoms with Gasteiger partial charge in [0.15, 0.2) is 24.6 Å². The van der Waals surface area contributed by atoms with E-state index in [0.29, 0.717) is 5.56 Å². The van der Waals surface area contributed by atoms with Crippen molar-refractivity contribution in [3.05, 3.63) is 35.9 Å². The van der Waals surface area contributed by atoms with Crippen LogP contribution in [0.15, 0.2) is 30.3 Å². The molecule has 1 saturated heterocycles. The minimum absolute atomic E-state index is 0.211. The summed E-state index contributed by atoms with van der Waals surface area (Å²) in [7, 11) is -2.55. The van der Waals surface area contributed by atoms with Gasteiger partial charge < -0.3 is 32.8 Å². The molecule has 1 aliphatic heterocycles. The first-order valence-electron chi connectivity index (χ1n) is 14.3. The summed E-state index contributed by atoms with van der Waals surface area (Å²) in [6.45, 7) is 17.2. The maximum atomic E-state index is 12.3. The van der Waals surface area contributed by atoms with Gasteiger partial charge in [-0.25, -0.2) is 0 Å². The number of hydrogen-bond donors (Lipinski definition) is 0. The molecule has 1 fully saturated rings. The minimum atomic E-state index is -2.55. The van der Waals surface area contributed by atoms with Crippen molar-refractivity contribution in [1.82, 2.24) is 0 Å². The van der Waals surface area contributed by atoms with Gasteiger partial charge in [0.2, 0.25) is 14.6 Å². The highest BCUT2D eigenvalue weighted by atomic mass is 28.4. The lowest BCUT2D eigenvalue weighted by molar-refractivity contribution is -0.335. The van der Waals surface area contributed by atoms with Crippen molar-refractivity contribution in [3.63, 3.8) is 0 Å². The van der Waals surface area contributed by atoms with E-state index in [-0.39, 0.29) is 23.2 Å². The zero-order valence-corrected chi connectivity index (χ0v) is 27.3. The van der Waals surface area contributed by atoms with Gasteiger partial charge in [-0.3, -0.25) is 19.2 Å². The molecule has 0 amide bonds. The predicted molar refractivity (Wildman–Crippen MR) is 154 cm³/mol. The summed E-state index contributed by atoms with van der Waals surface area (Å²) in [5.74, 6) is -2.73. The fourth-order valence-corrected chi connectivity index (χ4v) is 11.2. The van der Waals surface area contributed by atoms with Crippen LogP contribution in [0.25, 0.3) is 0 Å². The van der Waals surface area contributed by atoms with Crippen LogP contribution < -0.4 is 0 Å². The van der Waals surface area contributed by atoms with Crippen molar-refractivity contribution in [3.8, 4) is 0 Å². The molecule has 11 nitrogen and oxygen atoms in total. The van der Waals surface area contributed by atoms with E-state index in [1.165, 1.54) is 27.7 Å². The molecule has 2 unspecified atom stereocenters. The van der Waals surface area contributed by atoms with Crippen molar-refractivity contribution >= 4 is 32.2 Å². The van der Waals surface area contributed by atoms with Crippen molar-refractivity contribution in [2.24, 2.45) is 0 Å². The Morgan fingerprint density at radius 1 is 0.714 bits per heavy atom. The van der Waals surface area contributed by atoms with Crippen molar-refractivity contribution in [2.75, 3.05) is 6.61 Å². The fourth-order valence-electron chi connectivity index (χ4n) is 5.80. The molecule has 0 aliphatic carbocycles. The largest absolute Gasteiger partial charge is 0.463 e. The molecule has 2 rings (SSSR count). The third kappa shape index (κ3) is 9.10. The van der Waals surface area contributed by atoms with Crippen LogP contribution in [0.1, 0.15) is 81.1 Å². The van der Waals surface area contributed by atoms with Crippen LogP contribution in [0, 0.1) is 0 Å². The molecule has 1 heterocycles. The first-order valence-corrected chi connectivity index (χ1v) is 16.4. The van der Waals surface area contributed by atoms with Crippen LogP contribution in [0.3, 0.4) is 0 Å². The van der Waals surface area contributed by atoms with E-state index in [1.54, 1.807) is 0 Å². The number of benzene rings is 1. The number of esters is 4. The molecule has 0 saturated carbocycles. The quantitative estimate of drug-likeness (QED) is 0.130. The molecule has 1 aromatic carbocycles. The number of rotatable bonds is 13. The molecule has 1 aliphatic rings. The van der Waals surface area contributed by atoms with E-state index in [4.69, 9.17) is 32.8 Å². The Balaban J connectivity index is 2.67. The molecule has 0 aromatic heterocycles. The van der Waals surface area contributed by atoms with Crippen LogP contribution >= 0.6 is 0 Å². The Morgan fingerprint density at radius 2 is 1.19 bits per heavy atom. The van der Waals surface area contributed by atoms with Gasteiger partial charge >= 0.3 is 23.9 Å². The Morgan fingerprint density at radius 3 is 1.64 bits per heavy atom. The maximum Gasteiger partial charge on any atom is 0.303 e. The first-order chi connectivity index (χ1) is 19.6. The van der Waals surface area contributed by atoms with Gasteiger partial charge in [-0.15, -0.1) is 0 Å². The molecule has 1 aromatic rings. The van der Waals surface area contributed by atoms with Gasteiger partial charge in [0.05, 0.1) is 0 Å². The highest BCUT2D eigenvalue weighted by Gasteiger charge is 2.54. The average molecular weight is 611 g/mol. The van der Waals surface area contributed by atoms with Crippen molar-refractivity contribution < 1.29 is 52.0 Å². The minimum Gasteiger partial charge on any atom is -0.463 e. The predicted octanol–water partition coefficient (Wildman–Crippen LogP) is 4.98. The first kappa shape index (κ1) is 35.4. The lowest BCUT2D eigenvalue weighted by Crippen LogP contribution is -2.63. The average Bonchev–Trinajstić information content (AvgIpc) is 2.87. The van der Waals surface area contributed by atoms with E-state index >= 15 is 0 Å². The van der Waals surface area contributed by atoms with Crippen molar-refractivity contribution in [2.45, 2.75) is 123 Å². The number of carbonyl (C=O) groups excluding carboxylic acids is 4. The van der Waals surface area contributed by atoms with Gasteiger partial charge in [-0.1, -0.05) is 71.9 Å². The standard InChI is InChI=1S/C30H46O11Si/c1-17(2)42(18(3)4,19(5)6)41-29(24-14-12-11-13-15-24)40-30-28(38-23(10)34)27(37-22(9)33)26(36-21(8)32)25(39-30)16-35-20(7)31/h11-15,17-19,25-30H,16H2,1-10H3/t25-,26-,27+,28-,29?,30?/m1/s1.